The zero-order valence-corrected chi connectivity index (χ0v) is 22.7. The van der Waals surface area contributed by atoms with Gasteiger partial charge in [0.05, 0.1) is 19.1 Å². The molecule has 0 aliphatic carbocycles. The largest absolute Gasteiger partial charge is 0.497 e. The molecule has 8 nitrogen and oxygen atoms in total. The molecule has 0 heterocycles. The number of hydrogen-bond acceptors (Lipinski definition) is 5. The van der Waals surface area contributed by atoms with Gasteiger partial charge in [-0.05, 0) is 69.7 Å². The highest BCUT2D eigenvalue weighted by molar-refractivity contribution is 9.10. The van der Waals surface area contributed by atoms with Gasteiger partial charge in [0.2, 0.25) is 21.8 Å². The van der Waals surface area contributed by atoms with Gasteiger partial charge in [-0.2, -0.15) is 0 Å². The van der Waals surface area contributed by atoms with Crippen LogP contribution in [0.15, 0.2) is 53.0 Å². The van der Waals surface area contributed by atoms with Crippen LogP contribution in [0.25, 0.3) is 0 Å². The van der Waals surface area contributed by atoms with E-state index >= 15 is 0 Å². The van der Waals surface area contributed by atoms with Crippen LogP contribution in [0.2, 0.25) is 0 Å². The monoisotopic (exact) mass is 553 g/mol. The summed E-state index contributed by atoms with van der Waals surface area (Å²) in [7, 11) is -2.20. The van der Waals surface area contributed by atoms with Crippen LogP contribution < -0.4 is 14.4 Å². The summed E-state index contributed by atoms with van der Waals surface area (Å²) in [5.41, 5.74) is 0.644. The Morgan fingerprint density at radius 1 is 1.06 bits per heavy atom. The molecule has 34 heavy (non-hydrogen) atoms. The van der Waals surface area contributed by atoms with Crippen LogP contribution in [-0.4, -0.2) is 56.6 Å². The number of halogens is 1. The Labute approximate surface area is 210 Å². The molecule has 186 valence electrons. The minimum atomic E-state index is -3.76. The summed E-state index contributed by atoms with van der Waals surface area (Å²) in [6.45, 7) is 6.88. The Morgan fingerprint density at radius 3 is 2.09 bits per heavy atom. The number of amides is 2. The first-order valence-corrected chi connectivity index (χ1v) is 13.3. The average Bonchev–Trinajstić information content (AvgIpc) is 2.74. The Kier molecular flexibility index (Phi) is 9.13. The Morgan fingerprint density at radius 2 is 1.62 bits per heavy atom. The molecule has 1 N–H and O–H groups in total. The summed E-state index contributed by atoms with van der Waals surface area (Å²) in [6.07, 6.45) is 1.05. The molecule has 0 fully saturated rings. The van der Waals surface area contributed by atoms with Crippen molar-refractivity contribution in [2.75, 3.05) is 24.2 Å². The third-order valence-corrected chi connectivity index (χ3v) is 6.64. The van der Waals surface area contributed by atoms with Crippen molar-refractivity contribution >= 4 is 43.5 Å². The van der Waals surface area contributed by atoms with Crippen molar-refractivity contribution in [3.05, 3.63) is 58.6 Å². The number of ether oxygens (including phenoxy) is 1. The number of carbonyl (C=O) groups is 2. The van der Waals surface area contributed by atoms with Crippen LogP contribution in [0.3, 0.4) is 0 Å². The third kappa shape index (κ3) is 8.02. The second kappa shape index (κ2) is 11.2. The highest BCUT2D eigenvalue weighted by Gasteiger charge is 2.31. The summed E-state index contributed by atoms with van der Waals surface area (Å²) in [6, 6.07) is 12.9. The van der Waals surface area contributed by atoms with Crippen LogP contribution in [0.1, 0.15) is 33.3 Å². The lowest BCUT2D eigenvalue weighted by atomic mass is 10.1. The predicted molar refractivity (Wildman–Crippen MR) is 137 cm³/mol. The molecular weight excluding hydrogens is 522 g/mol. The standard InChI is InChI=1S/C24H32BrN3O5S/c1-17(23(30)26-24(2,3)4)27(15-18-7-13-21(33-5)14-8-18)22(29)16-28(34(6,31)32)20-11-9-19(25)10-12-20/h7-14,17H,15-16H2,1-6H3,(H,26,30)/t17-/m1/s1. The molecule has 0 unspecified atom stereocenters. The van der Waals surface area contributed by atoms with Crippen LogP contribution in [0.4, 0.5) is 5.69 Å². The van der Waals surface area contributed by atoms with E-state index in [2.05, 4.69) is 21.2 Å². The molecule has 0 bridgehead atoms. The van der Waals surface area contributed by atoms with Gasteiger partial charge >= 0.3 is 0 Å². The lowest BCUT2D eigenvalue weighted by Crippen LogP contribution is -2.54. The number of hydrogen-bond donors (Lipinski definition) is 1. The van der Waals surface area contributed by atoms with Crippen molar-refractivity contribution < 1.29 is 22.7 Å². The Hall–Kier alpha value is -2.59. The molecule has 0 aliphatic rings. The first-order valence-electron chi connectivity index (χ1n) is 10.7. The van der Waals surface area contributed by atoms with Gasteiger partial charge in [-0.3, -0.25) is 13.9 Å². The van der Waals surface area contributed by atoms with Crippen LogP contribution in [-0.2, 0) is 26.2 Å². The van der Waals surface area contributed by atoms with Gasteiger partial charge < -0.3 is 15.0 Å². The van der Waals surface area contributed by atoms with E-state index in [0.29, 0.717) is 11.4 Å². The van der Waals surface area contributed by atoms with E-state index in [-0.39, 0.29) is 12.5 Å². The van der Waals surface area contributed by atoms with Crippen molar-refractivity contribution in [3.8, 4) is 5.75 Å². The van der Waals surface area contributed by atoms with E-state index in [1.165, 1.54) is 4.90 Å². The van der Waals surface area contributed by atoms with E-state index in [1.807, 2.05) is 20.8 Å². The van der Waals surface area contributed by atoms with E-state index < -0.39 is 34.1 Å². The van der Waals surface area contributed by atoms with E-state index in [9.17, 15) is 18.0 Å². The highest BCUT2D eigenvalue weighted by atomic mass is 79.9. The molecular formula is C24H32BrN3O5S. The quantitative estimate of drug-likeness (QED) is 0.512. The van der Waals surface area contributed by atoms with Gasteiger partial charge in [0.1, 0.15) is 18.3 Å². The fourth-order valence-electron chi connectivity index (χ4n) is 3.21. The topological polar surface area (TPSA) is 96.0 Å². The first-order chi connectivity index (χ1) is 15.7. The number of carbonyl (C=O) groups excluding carboxylic acids is 2. The molecule has 0 radical (unpaired) electrons. The predicted octanol–water partition coefficient (Wildman–Crippen LogP) is 3.56. The molecule has 2 rings (SSSR count). The minimum Gasteiger partial charge on any atom is -0.497 e. The van der Waals surface area contributed by atoms with Crippen LogP contribution >= 0.6 is 15.9 Å². The van der Waals surface area contributed by atoms with E-state index in [1.54, 1.807) is 62.6 Å². The Bertz CT molecular complexity index is 1100. The van der Waals surface area contributed by atoms with Crippen molar-refractivity contribution in [1.82, 2.24) is 10.2 Å². The second-order valence-corrected chi connectivity index (χ2v) is 11.9. The summed E-state index contributed by atoms with van der Waals surface area (Å²) in [4.78, 5) is 27.8. The zero-order valence-electron chi connectivity index (χ0n) is 20.3. The summed E-state index contributed by atoms with van der Waals surface area (Å²) in [5, 5.41) is 2.89. The summed E-state index contributed by atoms with van der Waals surface area (Å²) >= 11 is 3.33. The van der Waals surface area contributed by atoms with Crippen LogP contribution in [0.5, 0.6) is 5.75 Å². The molecule has 0 saturated heterocycles. The van der Waals surface area contributed by atoms with Gasteiger partial charge in [0.15, 0.2) is 0 Å². The third-order valence-electron chi connectivity index (χ3n) is 4.97. The molecule has 0 aromatic heterocycles. The van der Waals surface area contributed by atoms with Crippen LogP contribution in [0, 0.1) is 0 Å². The number of benzene rings is 2. The lowest BCUT2D eigenvalue weighted by molar-refractivity contribution is -0.140. The number of anilines is 1. The number of nitrogens with zero attached hydrogens (tertiary/aromatic N) is 2. The number of nitrogens with one attached hydrogen (secondary N) is 1. The first kappa shape index (κ1) is 27.7. The summed E-state index contributed by atoms with van der Waals surface area (Å²) in [5.74, 6) is -0.164. The SMILES string of the molecule is COc1ccc(CN(C(=O)CN(c2ccc(Br)cc2)S(C)(=O)=O)[C@H](C)C(=O)NC(C)(C)C)cc1. The summed E-state index contributed by atoms with van der Waals surface area (Å²) < 4.78 is 32.1. The fourth-order valence-corrected chi connectivity index (χ4v) is 4.32. The van der Waals surface area contributed by atoms with Gasteiger partial charge in [0, 0.05) is 16.6 Å². The van der Waals surface area contributed by atoms with E-state index in [0.717, 1.165) is 20.6 Å². The molecule has 2 aromatic rings. The lowest BCUT2D eigenvalue weighted by Gasteiger charge is -2.33. The normalized spacial score (nSPS) is 12.6. The van der Waals surface area contributed by atoms with Gasteiger partial charge in [-0.25, -0.2) is 8.42 Å². The zero-order chi connectivity index (χ0) is 25.7. The minimum absolute atomic E-state index is 0.125. The maximum Gasteiger partial charge on any atom is 0.244 e. The molecule has 0 saturated carbocycles. The molecule has 2 aromatic carbocycles. The average molecular weight is 555 g/mol. The maximum atomic E-state index is 13.5. The maximum absolute atomic E-state index is 13.5. The van der Waals surface area contributed by atoms with Gasteiger partial charge in [-0.15, -0.1) is 0 Å². The molecule has 1 atom stereocenters. The van der Waals surface area contributed by atoms with E-state index in [4.69, 9.17) is 4.74 Å². The number of sulfonamides is 1. The Balaban J connectivity index is 2.38. The van der Waals surface area contributed by atoms with Crippen molar-refractivity contribution in [3.63, 3.8) is 0 Å². The molecule has 2 amide bonds. The highest BCUT2D eigenvalue weighted by Crippen LogP contribution is 2.22. The molecule has 0 aliphatic heterocycles. The van der Waals surface area contributed by atoms with Gasteiger partial charge in [0.25, 0.3) is 0 Å². The number of methoxy groups -OCH3 is 1. The van der Waals surface area contributed by atoms with Crippen molar-refractivity contribution in [2.24, 2.45) is 0 Å². The van der Waals surface area contributed by atoms with Gasteiger partial charge in [-0.1, -0.05) is 28.1 Å². The molecule has 10 heteroatoms. The van der Waals surface area contributed by atoms with Crippen molar-refractivity contribution in [2.45, 2.75) is 45.8 Å². The smallest absolute Gasteiger partial charge is 0.244 e. The second-order valence-electron chi connectivity index (χ2n) is 9.03. The fraction of sp³-hybridized carbons (Fsp3) is 0.417. The molecule has 0 spiro atoms. The van der Waals surface area contributed by atoms with Crippen molar-refractivity contribution in [1.29, 1.82) is 0 Å². The number of rotatable bonds is 9.